The molecule has 1 aliphatic heterocycles. The topological polar surface area (TPSA) is 6.25 Å². The minimum atomic E-state index is 0. The quantitative estimate of drug-likeness (QED) is 0.490. The van der Waals surface area contributed by atoms with Crippen molar-refractivity contribution in [3.63, 3.8) is 0 Å². The van der Waals surface area contributed by atoms with Crippen molar-refractivity contribution >= 4 is 23.2 Å². The predicted molar refractivity (Wildman–Crippen MR) is 109 cm³/mol. The summed E-state index contributed by atoms with van der Waals surface area (Å²) in [5, 5.41) is 0. The molecule has 0 aliphatic carbocycles. The normalized spacial score (nSPS) is 15.1. The second-order valence-corrected chi connectivity index (χ2v) is 7.18. The highest BCUT2D eigenvalue weighted by Crippen LogP contribution is 2.39. The lowest BCUT2D eigenvalue weighted by atomic mass is 9.81. The van der Waals surface area contributed by atoms with Crippen LogP contribution in [0.4, 0.5) is 11.4 Å². The minimum Gasteiger partial charge on any atom is -1.00 e. The fourth-order valence-corrected chi connectivity index (χ4v) is 3.86. The Labute approximate surface area is 175 Å². The molecule has 0 bridgehead atoms. The van der Waals surface area contributed by atoms with Crippen molar-refractivity contribution in [3.05, 3.63) is 65.7 Å². The van der Waals surface area contributed by atoms with Crippen LogP contribution in [-0.2, 0) is 5.41 Å². The van der Waals surface area contributed by atoms with Gasteiger partial charge >= 0.3 is 0 Å². The average Bonchev–Trinajstić information content (AvgIpc) is 2.82. The second kappa shape index (κ2) is 8.38. The Morgan fingerprint density at radius 2 is 1.54 bits per heavy atom. The van der Waals surface area contributed by atoms with Crippen molar-refractivity contribution in [1.29, 1.82) is 0 Å². The van der Waals surface area contributed by atoms with Gasteiger partial charge in [-0.15, -0.1) is 0 Å². The van der Waals surface area contributed by atoms with E-state index in [-0.39, 0.29) is 29.4 Å². The first kappa shape index (κ1) is 20.7. The first-order valence-electron chi connectivity index (χ1n) is 9.22. The summed E-state index contributed by atoms with van der Waals surface area (Å²) in [6.07, 6.45) is 4.50. The van der Waals surface area contributed by atoms with Gasteiger partial charge in [0.15, 0.2) is 5.71 Å². The molecule has 1 heterocycles. The number of para-hydroxylation sites is 1. The first-order valence-corrected chi connectivity index (χ1v) is 9.22. The smallest absolute Gasteiger partial charge is 0.209 e. The number of hydrogen-bond donors (Lipinski definition) is 0. The molecule has 26 heavy (non-hydrogen) atoms. The number of fused-ring (bicyclic) bond motifs is 1. The third kappa shape index (κ3) is 3.73. The third-order valence-electron chi connectivity index (χ3n) is 5.40. The largest absolute Gasteiger partial charge is 1.00 e. The van der Waals surface area contributed by atoms with E-state index in [1.807, 2.05) is 0 Å². The molecule has 0 N–H and O–H groups in total. The summed E-state index contributed by atoms with van der Waals surface area (Å²) >= 11 is 0. The number of benzene rings is 2. The van der Waals surface area contributed by atoms with E-state index in [2.05, 4.69) is 105 Å². The van der Waals surface area contributed by atoms with Crippen molar-refractivity contribution in [2.24, 2.45) is 0 Å². The van der Waals surface area contributed by atoms with Gasteiger partial charge < -0.3 is 28.9 Å². The zero-order chi connectivity index (χ0) is 18.0. The number of hydrogen-bond acceptors (Lipinski definition) is 1. The highest BCUT2D eigenvalue weighted by molar-refractivity contribution is 6.05. The Bertz CT molecular complexity index is 812. The monoisotopic (exact) mass is 460 g/mol. The summed E-state index contributed by atoms with van der Waals surface area (Å²) in [6, 6.07) is 17.5. The van der Waals surface area contributed by atoms with Crippen LogP contribution >= 0.6 is 0 Å². The highest BCUT2D eigenvalue weighted by Gasteiger charge is 2.42. The van der Waals surface area contributed by atoms with Crippen LogP contribution in [-0.4, -0.2) is 30.4 Å². The molecule has 2 aromatic rings. The molecule has 0 saturated carbocycles. The van der Waals surface area contributed by atoms with E-state index in [0.29, 0.717) is 0 Å². The Morgan fingerprint density at radius 3 is 2.12 bits per heavy atom. The lowest BCUT2D eigenvalue weighted by Gasteiger charge is -2.20. The second-order valence-electron chi connectivity index (χ2n) is 7.18. The van der Waals surface area contributed by atoms with E-state index < -0.39 is 0 Å². The SMILES string of the molecule is CCN(CC)c1ccc(/C=C/C2=[N+](C)c3ccccc3C2(C)C)cc1.[I-]. The molecular weight excluding hydrogens is 431 g/mol. The molecule has 0 atom stereocenters. The van der Waals surface area contributed by atoms with Crippen LogP contribution in [0.25, 0.3) is 6.08 Å². The van der Waals surface area contributed by atoms with E-state index in [9.17, 15) is 0 Å². The van der Waals surface area contributed by atoms with E-state index in [1.165, 1.54) is 28.2 Å². The summed E-state index contributed by atoms with van der Waals surface area (Å²) in [5.74, 6) is 0. The van der Waals surface area contributed by atoms with Gasteiger partial charge in [-0.05, 0) is 51.5 Å². The van der Waals surface area contributed by atoms with E-state index in [4.69, 9.17) is 0 Å². The van der Waals surface area contributed by atoms with Gasteiger partial charge in [0.1, 0.15) is 7.05 Å². The van der Waals surface area contributed by atoms with E-state index in [0.717, 1.165) is 13.1 Å². The standard InChI is InChI=1S/C23H29N2.HI/c1-6-25(7-2)19-15-12-18(13-16-19)14-17-22-23(3,4)20-10-8-9-11-21(20)24(22)5;/h8-17H,6-7H2,1-5H3;1H/q+1;/p-1. The molecule has 138 valence electrons. The molecular formula is C23H29IN2. The van der Waals surface area contributed by atoms with Gasteiger partial charge in [-0.2, -0.15) is 4.58 Å². The van der Waals surface area contributed by atoms with Crippen molar-refractivity contribution in [3.8, 4) is 0 Å². The van der Waals surface area contributed by atoms with E-state index in [1.54, 1.807) is 0 Å². The molecule has 3 rings (SSSR count). The molecule has 1 aliphatic rings. The predicted octanol–water partition coefficient (Wildman–Crippen LogP) is 2.26. The summed E-state index contributed by atoms with van der Waals surface area (Å²) in [7, 11) is 2.16. The zero-order valence-electron chi connectivity index (χ0n) is 16.5. The fourth-order valence-electron chi connectivity index (χ4n) is 3.86. The van der Waals surface area contributed by atoms with Gasteiger partial charge in [0, 0.05) is 36.5 Å². The van der Waals surface area contributed by atoms with Gasteiger partial charge in [-0.25, -0.2) is 0 Å². The van der Waals surface area contributed by atoms with Gasteiger partial charge in [0.2, 0.25) is 5.69 Å². The van der Waals surface area contributed by atoms with Crippen LogP contribution in [0.5, 0.6) is 0 Å². The van der Waals surface area contributed by atoms with Crippen LogP contribution in [0, 0.1) is 0 Å². The third-order valence-corrected chi connectivity index (χ3v) is 5.40. The molecule has 2 aromatic carbocycles. The first-order chi connectivity index (χ1) is 12.0. The van der Waals surface area contributed by atoms with Gasteiger partial charge in [0.25, 0.3) is 0 Å². The van der Waals surface area contributed by atoms with Gasteiger partial charge in [0.05, 0.1) is 5.41 Å². The number of nitrogens with zero attached hydrogens (tertiary/aromatic N) is 2. The van der Waals surface area contributed by atoms with Gasteiger partial charge in [-0.1, -0.05) is 30.3 Å². The zero-order valence-corrected chi connectivity index (χ0v) is 18.6. The average molecular weight is 460 g/mol. The summed E-state index contributed by atoms with van der Waals surface area (Å²) in [5.41, 5.74) is 6.60. The minimum absolute atomic E-state index is 0. The Morgan fingerprint density at radius 1 is 0.923 bits per heavy atom. The van der Waals surface area contributed by atoms with Crippen LogP contribution in [0.3, 0.4) is 0 Å². The maximum Gasteiger partial charge on any atom is 0.209 e. The van der Waals surface area contributed by atoms with Crippen LogP contribution in [0.1, 0.15) is 38.8 Å². The number of anilines is 1. The molecule has 0 amide bonds. The summed E-state index contributed by atoms with van der Waals surface area (Å²) in [4.78, 5) is 2.37. The van der Waals surface area contributed by atoms with Crippen molar-refractivity contribution in [1.82, 2.24) is 0 Å². The number of rotatable bonds is 5. The molecule has 0 aromatic heterocycles. The van der Waals surface area contributed by atoms with Crippen LogP contribution in [0.2, 0.25) is 0 Å². The lowest BCUT2D eigenvalue weighted by molar-refractivity contribution is -0.401. The maximum atomic E-state index is 2.37. The fraction of sp³-hybridized carbons (Fsp3) is 0.348. The Balaban J connectivity index is 0.00000243. The van der Waals surface area contributed by atoms with Gasteiger partial charge in [-0.3, -0.25) is 0 Å². The van der Waals surface area contributed by atoms with Crippen molar-refractivity contribution in [2.75, 3.05) is 25.0 Å². The van der Waals surface area contributed by atoms with Crippen LogP contribution in [0.15, 0.2) is 54.6 Å². The summed E-state index contributed by atoms with van der Waals surface area (Å²) in [6.45, 7) is 11.1. The Hall–Kier alpha value is -1.62. The molecule has 0 unspecified atom stereocenters. The molecule has 0 saturated heterocycles. The van der Waals surface area contributed by atoms with Crippen molar-refractivity contribution in [2.45, 2.75) is 33.1 Å². The molecule has 0 radical (unpaired) electrons. The number of halogens is 1. The molecule has 3 heteroatoms. The highest BCUT2D eigenvalue weighted by atomic mass is 127. The molecule has 0 spiro atoms. The maximum absolute atomic E-state index is 2.37. The van der Waals surface area contributed by atoms with Crippen molar-refractivity contribution < 1.29 is 28.6 Å². The number of allylic oxidation sites excluding steroid dienone is 1. The molecule has 2 nitrogen and oxygen atoms in total. The van der Waals surface area contributed by atoms with E-state index >= 15 is 0 Å². The van der Waals surface area contributed by atoms with Crippen LogP contribution < -0.4 is 28.9 Å². The summed E-state index contributed by atoms with van der Waals surface area (Å²) < 4.78 is 2.32. The lowest BCUT2D eigenvalue weighted by Crippen LogP contribution is -3.00. The Kier molecular flexibility index (Phi) is 6.67. The molecule has 0 fully saturated rings.